The molecule has 0 aliphatic carbocycles. The van der Waals surface area contributed by atoms with Crippen molar-refractivity contribution in [1.29, 1.82) is 0 Å². The molecule has 0 saturated heterocycles. The number of hydrogen-bond donors (Lipinski definition) is 2. The second-order valence-electron chi connectivity index (χ2n) is 7.07. The lowest BCUT2D eigenvalue weighted by atomic mass is 10.2. The van der Waals surface area contributed by atoms with Crippen LogP contribution >= 0.6 is 11.8 Å². The SMILES string of the molecule is CCCCn1c(SC(C)C(=O)Nc2ccc(F)c(F)c2F)nc2cc(S(N)(=O)=O)ccc21. The molecule has 3 aromatic rings. The van der Waals surface area contributed by atoms with Gasteiger partial charge in [-0.25, -0.2) is 31.7 Å². The number of nitrogens with one attached hydrogen (secondary N) is 1. The number of primary sulfonamides is 1. The van der Waals surface area contributed by atoms with E-state index in [9.17, 15) is 26.4 Å². The number of anilines is 1. The van der Waals surface area contributed by atoms with Gasteiger partial charge in [0.25, 0.3) is 0 Å². The van der Waals surface area contributed by atoms with Crippen molar-refractivity contribution in [2.24, 2.45) is 5.14 Å². The second kappa shape index (κ2) is 9.51. The van der Waals surface area contributed by atoms with Crippen LogP contribution in [0.15, 0.2) is 40.4 Å². The number of halogens is 3. The fourth-order valence-electron chi connectivity index (χ4n) is 2.96. The minimum atomic E-state index is -3.91. The van der Waals surface area contributed by atoms with E-state index in [2.05, 4.69) is 10.3 Å². The highest BCUT2D eigenvalue weighted by Crippen LogP contribution is 2.30. The van der Waals surface area contributed by atoms with Crippen molar-refractivity contribution in [3.63, 3.8) is 0 Å². The van der Waals surface area contributed by atoms with Gasteiger partial charge in [0.2, 0.25) is 15.9 Å². The molecule has 1 atom stereocenters. The molecule has 1 amide bonds. The largest absolute Gasteiger partial charge is 0.323 e. The first-order chi connectivity index (χ1) is 15.0. The maximum Gasteiger partial charge on any atom is 0.238 e. The number of aromatic nitrogens is 2. The zero-order valence-corrected chi connectivity index (χ0v) is 18.9. The highest BCUT2D eigenvalue weighted by molar-refractivity contribution is 8.00. The Labute approximate surface area is 187 Å². The third kappa shape index (κ3) is 5.08. The first-order valence-corrected chi connectivity index (χ1v) is 12.1. The molecule has 0 aliphatic rings. The fourth-order valence-corrected chi connectivity index (χ4v) is 4.44. The van der Waals surface area contributed by atoms with Crippen molar-refractivity contribution in [3.8, 4) is 0 Å². The van der Waals surface area contributed by atoms with Crippen molar-refractivity contribution in [2.75, 3.05) is 5.32 Å². The van der Waals surface area contributed by atoms with Crippen molar-refractivity contribution >= 4 is 44.4 Å². The van der Waals surface area contributed by atoms with Crippen LogP contribution in [-0.2, 0) is 21.4 Å². The zero-order valence-electron chi connectivity index (χ0n) is 17.2. The van der Waals surface area contributed by atoms with E-state index in [1.54, 1.807) is 13.0 Å². The molecule has 3 rings (SSSR count). The smallest absolute Gasteiger partial charge is 0.238 e. The summed E-state index contributed by atoms with van der Waals surface area (Å²) in [6, 6.07) is 6.01. The molecule has 3 N–H and O–H groups in total. The number of rotatable bonds is 8. The van der Waals surface area contributed by atoms with Gasteiger partial charge in [0.05, 0.1) is 26.9 Å². The fraction of sp³-hybridized carbons (Fsp3) is 0.300. The molecule has 0 bridgehead atoms. The molecular formula is C20H21F3N4O3S2. The van der Waals surface area contributed by atoms with Crippen LogP contribution in [0.3, 0.4) is 0 Å². The molecule has 1 unspecified atom stereocenters. The van der Waals surface area contributed by atoms with E-state index in [0.717, 1.165) is 36.7 Å². The lowest BCUT2D eigenvalue weighted by molar-refractivity contribution is -0.115. The summed E-state index contributed by atoms with van der Waals surface area (Å²) in [5.41, 5.74) is 0.598. The van der Waals surface area contributed by atoms with Gasteiger partial charge in [-0.2, -0.15) is 0 Å². The third-order valence-electron chi connectivity index (χ3n) is 4.69. The number of sulfonamides is 1. The Morgan fingerprint density at radius 1 is 1.22 bits per heavy atom. The number of imidazole rings is 1. The van der Waals surface area contributed by atoms with Gasteiger partial charge in [-0.05, 0) is 43.7 Å². The monoisotopic (exact) mass is 486 g/mol. The highest BCUT2D eigenvalue weighted by Gasteiger charge is 2.22. The van der Waals surface area contributed by atoms with Crippen LogP contribution in [0.1, 0.15) is 26.7 Å². The Hall–Kier alpha value is -2.57. The van der Waals surface area contributed by atoms with Crippen LogP contribution in [0.2, 0.25) is 0 Å². The van der Waals surface area contributed by atoms with Gasteiger partial charge in [-0.3, -0.25) is 4.79 Å². The maximum absolute atomic E-state index is 13.9. The molecule has 12 heteroatoms. The van der Waals surface area contributed by atoms with Crippen molar-refractivity contribution < 1.29 is 26.4 Å². The minimum absolute atomic E-state index is 0.0821. The number of benzene rings is 2. The number of carbonyl (C=O) groups is 1. The van der Waals surface area contributed by atoms with E-state index in [1.165, 1.54) is 12.1 Å². The standard InChI is InChI=1S/C20H21F3N4O3S2/c1-3-4-9-27-16-8-5-12(32(24,29)30)10-15(16)26-20(27)31-11(2)19(28)25-14-7-6-13(21)17(22)18(14)23/h5-8,10-11H,3-4,9H2,1-2H3,(H,25,28)(H2,24,29,30). The number of aryl methyl sites for hydroxylation is 1. The molecule has 0 fully saturated rings. The molecule has 32 heavy (non-hydrogen) atoms. The number of nitrogens with zero attached hydrogens (tertiary/aromatic N) is 2. The molecule has 1 aromatic heterocycles. The Morgan fingerprint density at radius 2 is 1.94 bits per heavy atom. The van der Waals surface area contributed by atoms with Crippen molar-refractivity contribution in [3.05, 3.63) is 47.8 Å². The summed E-state index contributed by atoms with van der Waals surface area (Å²) in [6.45, 7) is 4.14. The number of fused-ring (bicyclic) bond motifs is 1. The second-order valence-corrected chi connectivity index (χ2v) is 9.94. The number of unbranched alkanes of at least 4 members (excludes halogenated alkanes) is 1. The van der Waals surface area contributed by atoms with Gasteiger partial charge in [0.15, 0.2) is 22.6 Å². The molecule has 0 spiro atoms. The summed E-state index contributed by atoms with van der Waals surface area (Å²) in [5, 5.41) is 7.12. The van der Waals surface area contributed by atoms with E-state index in [0.29, 0.717) is 22.7 Å². The summed E-state index contributed by atoms with van der Waals surface area (Å²) in [5.74, 6) is -5.15. The Bertz CT molecular complexity index is 1280. The summed E-state index contributed by atoms with van der Waals surface area (Å²) in [7, 11) is -3.91. The molecular weight excluding hydrogens is 465 g/mol. The number of amides is 1. The molecule has 172 valence electrons. The van der Waals surface area contributed by atoms with Crippen LogP contribution < -0.4 is 10.5 Å². The van der Waals surface area contributed by atoms with E-state index < -0.39 is 44.3 Å². The summed E-state index contributed by atoms with van der Waals surface area (Å²) >= 11 is 1.07. The number of hydrogen-bond acceptors (Lipinski definition) is 5. The minimum Gasteiger partial charge on any atom is -0.323 e. The van der Waals surface area contributed by atoms with Crippen LogP contribution in [0.4, 0.5) is 18.9 Å². The van der Waals surface area contributed by atoms with Gasteiger partial charge in [0, 0.05) is 6.54 Å². The van der Waals surface area contributed by atoms with Crippen molar-refractivity contribution in [2.45, 2.75) is 48.5 Å². The van der Waals surface area contributed by atoms with E-state index in [4.69, 9.17) is 5.14 Å². The molecule has 2 aromatic carbocycles. The topological polar surface area (TPSA) is 107 Å². The Morgan fingerprint density at radius 3 is 2.59 bits per heavy atom. The first kappa shape index (κ1) is 24.1. The summed E-state index contributed by atoms with van der Waals surface area (Å²) < 4.78 is 65.6. The first-order valence-electron chi connectivity index (χ1n) is 9.67. The average molecular weight is 487 g/mol. The van der Waals surface area contributed by atoms with E-state index in [-0.39, 0.29) is 4.90 Å². The third-order valence-corrected chi connectivity index (χ3v) is 6.69. The predicted octanol–water partition coefficient (Wildman–Crippen LogP) is 4.02. The number of thioether (sulfide) groups is 1. The van der Waals surface area contributed by atoms with Crippen LogP contribution in [0, 0.1) is 17.5 Å². The van der Waals surface area contributed by atoms with E-state index >= 15 is 0 Å². The number of nitrogens with two attached hydrogens (primary N) is 1. The highest BCUT2D eigenvalue weighted by atomic mass is 32.2. The summed E-state index contributed by atoms with van der Waals surface area (Å²) in [4.78, 5) is 16.9. The van der Waals surface area contributed by atoms with Crippen LogP contribution in [0.25, 0.3) is 11.0 Å². The van der Waals surface area contributed by atoms with Gasteiger partial charge in [0.1, 0.15) is 0 Å². The zero-order chi connectivity index (χ0) is 23.6. The molecule has 7 nitrogen and oxygen atoms in total. The van der Waals surface area contributed by atoms with Crippen LogP contribution in [-0.4, -0.2) is 29.1 Å². The van der Waals surface area contributed by atoms with Gasteiger partial charge in [-0.15, -0.1) is 0 Å². The lowest BCUT2D eigenvalue weighted by Gasteiger charge is -2.14. The lowest BCUT2D eigenvalue weighted by Crippen LogP contribution is -2.23. The quantitative estimate of drug-likeness (QED) is 0.369. The maximum atomic E-state index is 13.9. The number of carbonyl (C=O) groups excluding carboxylic acids is 1. The van der Waals surface area contributed by atoms with Gasteiger partial charge >= 0.3 is 0 Å². The van der Waals surface area contributed by atoms with Gasteiger partial charge < -0.3 is 9.88 Å². The van der Waals surface area contributed by atoms with Crippen LogP contribution in [0.5, 0.6) is 0 Å². The predicted molar refractivity (Wildman–Crippen MR) is 116 cm³/mol. The molecule has 0 radical (unpaired) electrons. The molecule has 1 heterocycles. The molecule has 0 aliphatic heterocycles. The van der Waals surface area contributed by atoms with Crippen molar-refractivity contribution in [1.82, 2.24) is 9.55 Å². The Balaban J connectivity index is 1.89. The average Bonchev–Trinajstić information content (AvgIpc) is 3.07. The summed E-state index contributed by atoms with van der Waals surface area (Å²) in [6.07, 6.45) is 1.71. The Kier molecular flexibility index (Phi) is 7.16. The van der Waals surface area contributed by atoms with Gasteiger partial charge in [-0.1, -0.05) is 25.1 Å². The normalized spacial score (nSPS) is 12.8. The van der Waals surface area contributed by atoms with E-state index in [1.807, 2.05) is 11.5 Å². The molecule has 0 saturated carbocycles.